The van der Waals surface area contributed by atoms with Gasteiger partial charge in [-0.15, -0.1) is 0 Å². The molecular formula is C24H24N8O2. The third-order valence-corrected chi connectivity index (χ3v) is 6.80. The van der Waals surface area contributed by atoms with Crippen LogP contribution in [-0.4, -0.2) is 71.0 Å². The quantitative estimate of drug-likeness (QED) is 0.368. The van der Waals surface area contributed by atoms with Gasteiger partial charge in [-0.2, -0.15) is 4.98 Å². The number of pyridine rings is 1. The summed E-state index contributed by atoms with van der Waals surface area (Å²) in [6, 6.07) is 9.98. The second kappa shape index (κ2) is 8.15. The van der Waals surface area contributed by atoms with E-state index in [-0.39, 0.29) is 13.2 Å². The third kappa shape index (κ3) is 3.39. The number of aromatic amines is 1. The van der Waals surface area contributed by atoms with Gasteiger partial charge in [0.1, 0.15) is 17.5 Å². The number of nitrogens with zero attached hydrogens (tertiary/aromatic N) is 7. The Bertz CT molecular complexity index is 1450. The van der Waals surface area contributed by atoms with Gasteiger partial charge in [-0.25, -0.2) is 15.0 Å². The molecule has 1 aliphatic rings. The van der Waals surface area contributed by atoms with Crippen LogP contribution in [0.15, 0.2) is 55.4 Å². The molecule has 1 aromatic carbocycles. The largest absolute Gasteiger partial charge is 0.396 e. The lowest BCUT2D eigenvalue weighted by Crippen LogP contribution is -2.44. The monoisotopic (exact) mass is 456 g/mol. The van der Waals surface area contributed by atoms with Crippen LogP contribution in [0, 0.1) is 5.41 Å². The van der Waals surface area contributed by atoms with Crippen LogP contribution in [0.2, 0.25) is 0 Å². The van der Waals surface area contributed by atoms with Crippen LogP contribution in [0.1, 0.15) is 12.8 Å². The van der Waals surface area contributed by atoms with Crippen LogP contribution in [0.3, 0.4) is 0 Å². The number of aliphatic hydroxyl groups excluding tert-OH is 2. The van der Waals surface area contributed by atoms with Crippen LogP contribution in [0.25, 0.3) is 39.1 Å². The molecule has 34 heavy (non-hydrogen) atoms. The number of H-pyrrole nitrogens is 1. The number of nitrogens with one attached hydrogen (secondary N) is 1. The Morgan fingerprint density at radius 3 is 2.65 bits per heavy atom. The van der Waals surface area contributed by atoms with E-state index in [0.29, 0.717) is 37.5 Å². The Morgan fingerprint density at radius 1 is 1.03 bits per heavy atom. The number of hydrogen-bond donors (Lipinski definition) is 3. The van der Waals surface area contributed by atoms with Gasteiger partial charge in [-0.05, 0) is 37.1 Å². The smallest absolute Gasteiger partial charge is 0.228 e. The summed E-state index contributed by atoms with van der Waals surface area (Å²) in [5.74, 6) is 0.597. The molecule has 3 N–H and O–H groups in total. The molecule has 0 aliphatic carbocycles. The molecule has 0 amide bonds. The van der Waals surface area contributed by atoms with Crippen molar-refractivity contribution in [3.05, 3.63) is 55.4 Å². The number of rotatable bonds is 5. The summed E-state index contributed by atoms with van der Waals surface area (Å²) in [6.07, 6.45) is 8.33. The summed E-state index contributed by atoms with van der Waals surface area (Å²) in [5, 5.41) is 19.5. The van der Waals surface area contributed by atoms with Gasteiger partial charge < -0.3 is 20.1 Å². The van der Waals surface area contributed by atoms with Gasteiger partial charge >= 0.3 is 0 Å². The highest BCUT2D eigenvalue weighted by atomic mass is 16.3. The van der Waals surface area contributed by atoms with Gasteiger partial charge in [-0.3, -0.25) is 9.55 Å². The Balaban J connectivity index is 1.39. The van der Waals surface area contributed by atoms with Crippen LogP contribution in [0.4, 0.5) is 5.95 Å². The molecule has 172 valence electrons. The molecule has 0 radical (unpaired) electrons. The summed E-state index contributed by atoms with van der Waals surface area (Å²) in [4.78, 5) is 28.0. The fourth-order valence-electron chi connectivity index (χ4n) is 4.58. The molecule has 0 atom stereocenters. The van der Waals surface area contributed by atoms with Crippen molar-refractivity contribution in [1.82, 2.24) is 34.5 Å². The molecule has 1 fully saturated rings. The SMILES string of the molecule is OCC1(CO)CCN(c2nc(-c3ccc4c(c3)ncn4-c3cccnc3)c3[nH]cnc3n2)CC1. The van der Waals surface area contributed by atoms with Crippen LogP contribution in [0.5, 0.6) is 0 Å². The molecule has 0 spiro atoms. The van der Waals surface area contributed by atoms with Gasteiger partial charge in [0.05, 0.1) is 42.5 Å². The zero-order valence-electron chi connectivity index (χ0n) is 18.5. The first-order valence-corrected chi connectivity index (χ1v) is 11.3. The second-order valence-corrected chi connectivity index (χ2v) is 8.81. The van der Waals surface area contributed by atoms with Crippen LogP contribution >= 0.6 is 0 Å². The highest BCUT2D eigenvalue weighted by Crippen LogP contribution is 2.34. The number of hydrogen-bond acceptors (Lipinski definition) is 8. The first-order valence-electron chi connectivity index (χ1n) is 11.3. The standard InChI is InChI=1S/C24H24N8O2/c33-12-24(13-34)5-8-31(9-6-24)23-29-20(21-22(30-23)27-14-26-21)16-3-4-19-18(10-16)28-15-32(19)17-2-1-7-25-11-17/h1-4,7,10-11,14-15,33-34H,5-6,8-9,12-13H2,(H,26,27,29,30). The van der Waals surface area contributed by atoms with Crippen molar-refractivity contribution in [2.45, 2.75) is 12.8 Å². The number of aromatic nitrogens is 7. The lowest BCUT2D eigenvalue weighted by Gasteiger charge is -2.39. The molecular weight excluding hydrogens is 432 g/mol. The van der Waals surface area contributed by atoms with E-state index >= 15 is 0 Å². The van der Waals surface area contributed by atoms with Crippen LogP contribution < -0.4 is 4.90 Å². The molecule has 6 rings (SSSR count). The van der Waals surface area contributed by atoms with E-state index in [2.05, 4.69) is 29.8 Å². The first kappa shape index (κ1) is 20.7. The zero-order chi connectivity index (χ0) is 23.1. The summed E-state index contributed by atoms with van der Waals surface area (Å²) in [5.41, 5.74) is 5.39. The zero-order valence-corrected chi connectivity index (χ0v) is 18.5. The fraction of sp³-hybridized carbons (Fsp3) is 0.292. The number of imidazole rings is 2. The first-order chi connectivity index (χ1) is 16.7. The number of aliphatic hydroxyl groups is 2. The van der Waals surface area contributed by atoms with Crippen molar-refractivity contribution in [2.75, 3.05) is 31.2 Å². The second-order valence-electron chi connectivity index (χ2n) is 8.81. The molecule has 5 heterocycles. The maximum Gasteiger partial charge on any atom is 0.228 e. The maximum atomic E-state index is 9.73. The van der Waals surface area contributed by atoms with E-state index in [4.69, 9.17) is 4.98 Å². The van der Waals surface area contributed by atoms with E-state index in [9.17, 15) is 10.2 Å². The number of benzene rings is 1. The molecule has 0 bridgehead atoms. The molecule has 1 saturated heterocycles. The summed E-state index contributed by atoms with van der Waals surface area (Å²) in [6.45, 7) is 1.27. The minimum absolute atomic E-state index is 0.0203. The number of anilines is 1. The topological polar surface area (TPSA) is 129 Å². The lowest BCUT2D eigenvalue weighted by molar-refractivity contribution is 0.0338. The molecule has 4 aromatic heterocycles. The molecule has 10 nitrogen and oxygen atoms in total. The van der Waals surface area contributed by atoms with Crippen molar-refractivity contribution in [2.24, 2.45) is 5.41 Å². The van der Waals surface area contributed by atoms with Gasteiger partial charge in [0, 0.05) is 30.3 Å². The van der Waals surface area contributed by atoms with E-state index in [1.54, 1.807) is 25.0 Å². The Labute approximate surface area is 195 Å². The van der Waals surface area contributed by atoms with E-state index in [0.717, 1.165) is 33.5 Å². The molecule has 1 aliphatic heterocycles. The van der Waals surface area contributed by atoms with Crippen molar-refractivity contribution in [3.63, 3.8) is 0 Å². The minimum Gasteiger partial charge on any atom is -0.396 e. The van der Waals surface area contributed by atoms with Crippen LogP contribution in [-0.2, 0) is 0 Å². The average molecular weight is 457 g/mol. The Morgan fingerprint density at radius 2 is 1.88 bits per heavy atom. The van der Waals surface area contributed by atoms with E-state index in [1.807, 2.05) is 34.9 Å². The van der Waals surface area contributed by atoms with Crippen molar-refractivity contribution in [1.29, 1.82) is 0 Å². The van der Waals surface area contributed by atoms with E-state index < -0.39 is 5.41 Å². The van der Waals surface area contributed by atoms with Gasteiger partial charge in [0.25, 0.3) is 0 Å². The van der Waals surface area contributed by atoms with E-state index in [1.165, 1.54) is 0 Å². The van der Waals surface area contributed by atoms with Gasteiger partial charge in [-0.1, -0.05) is 6.07 Å². The Kier molecular flexibility index (Phi) is 4.96. The highest BCUT2D eigenvalue weighted by molar-refractivity contribution is 5.91. The van der Waals surface area contributed by atoms with Gasteiger partial charge in [0.15, 0.2) is 5.65 Å². The number of piperidine rings is 1. The molecule has 0 unspecified atom stereocenters. The average Bonchev–Trinajstić information content (AvgIpc) is 3.55. The predicted molar refractivity (Wildman–Crippen MR) is 128 cm³/mol. The summed E-state index contributed by atoms with van der Waals surface area (Å²) < 4.78 is 2.01. The molecule has 0 saturated carbocycles. The predicted octanol–water partition coefficient (Wildman–Crippen LogP) is 2.33. The van der Waals surface area contributed by atoms with Crippen molar-refractivity contribution < 1.29 is 10.2 Å². The minimum atomic E-state index is -0.437. The lowest BCUT2D eigenvalue weighted by atomic mass is 9.80. The highest BCUT2D eigenvalue weighted by Gasteiger charge is 2.34. The molecule has 5 aromatic rings. The summed E-state index contributed by atoms with van der Waals surface area (Å²) >= 11 is 0. The maximum absolute atomic E-state index is 9.73. The Hall–Kier alpha value is -3.89. The fourth-order valence-corrected chi connectivity index (χ4v) is 4.58. The number of fused-ring (bicyclic) bond motifs is 2. The summed E-state index contributed by atoms with van der Waals surface area (Å²) in [7, 11) is 0. The molecule has 10 heteroatoms. The van der Waals surface area contributed by atoms with Gasteiger partial charge in [0.2, 0.25) is 5.95 Å². The van der Waals surface area contributed by atoms with Crippen molar-refractivity contribution in [3.8, 4) is 16.9 Å². The van der Waals surface area contributed by atoms with Crippen molar-refractivity contribution >= 4 is 28.1 Å². The normalized spacial score (nSPS) is 15.9. The third-order valence-electron chi connectivity index (χ3n) is 6.80.